The number of hydrogen-bond acceptors (Lipinski definition) is 2. The maximum absolute atomic E-state index is 11.1. The molecule has 1 N–H and O–H groups in total. The zero-order valence-corrected chi connectivity index (χ0v) is 14.0. The zero-order chi connectivity index (χ0) is 16.1. The topological polar surface area (TPSA) is 23.5 Å². The minimum absolute atomic E-state index is 0.0522. The summed E-state index contributed by atoms with van der Waals surface area (Å²) in [6.07, 6.45) is -0.548. The van der Waals surface area contributed by atoms with Crippen molar-refractivity contribution in [3.05, 3.63) is 71.8 Å². The molecule has 0 aliphatic carbocycles. The van der Waals surface area contributed by atoms with Crippen molar-refractivity contribution in [3.63, 3.8) is 0 Å². The summed E-state index contributed by atoms with van der Waals surface area (Å²) >= 11 is 0. The van der Waals surface area contributed by atoms with Gasteiger partial charge >= 0.3 is 0 Å². The Morgan fingerprint density at radius 1 is 0.682 bits per heavy atom. The molecule has 0 amide bonds. The molecule has 22 heavy (non-hydrogen) atoms. The number of rotatable bonds is 6. The Morgan fingerprint density at radius 2 is 1.09 bits per heavy atom. The van der Waals surface area contributed by atoms with Crippen molar-refractivity contribution in [1.82, 2.24) is 4.90 Å². The third kappa shape index (κ3) is 3.76. The van der Waals surface area contributed by atoms with Gasteiger partial charge in [0, 0.05) is 12.1 Å². The summed E-state index contributed by atoms with van der Waals surface area (Å²) in [7, 11) is 0. The lowest BCUT2D eigenvalue weighted by atomic mass is 9.92. The summed E-state index contributed by atoms with van der Waals surface area (Å²) in [5.74, 6) is 0. The van der Waals surface area contributed by atoms with Gasteiger partial charge in [-0.2, -0.15) is 0 Å². The average Bonchev–Trinajstić information content (AvgIpc) is 2.52. The van der Waals surface area contributed by atoms with Crippen LogP contribution >= 0.6 is 0 Å². The monoisotopic (exact) mass is 297 g/mol. The van der Waals surface area contributed by atoms with Crippen LogP contribution in [0.5, 0.6) is 0 Å². The molecule has 0 bridgehead atoms. The van der Waals surface area contributed by atoms with Crippen LogP contribution in [0.15, 0.2) is 60.7 Å². The van der Waals surface area contributed by atoms with Gasteiger partial charge in [0.25, 0.3) is 0 Å². The molecule has 0 aromatic heterocycles. The molecule has 2 nitrogen and oxygen atoms in total. The van der Waals surface area contributed by atoms with E-state index < -0.39 is 6.10 Å². The van der Waals surface area contributed by atoms with Gasteiger partial charge in [0.1, 0.15) is 0 Å². The second-order valence-corrected chi connectivity index (χ2v) is 6.35. The third-order valence-electron chi connectivity index (χ3n) is 4.10. The summed E-state index contributed by atoms with van der Waals surface area (Å²) in [6, 6.07) is 20.9. The molecule has 2 heteroatoms. The minimum Gasteiger partial charge on any atom is -0.386 e. The summed E-state index contributed by atoms with van der Waals surface area (Å²) in [6.45, 7) is 8.75. The van der Waals surface area contributed by atoms with Crippen LogP contribution in [0.4, 0.5) is 0 Å². The van der Waals surface area contributed by atoms with E-state index in [1.807, 2.05) is 48.5 Å². The lowest BCUT2D eigenvalue weighted by molar-refractivity contribution is 0.00987. The molecule has 0 saturated heterocycles. The van der Waals surface area contributed by atoms with E-state index in [2.05, 4.69) is 44.7 Å². The summed E-state index contributed by atoms with van der Waals surface area (Å²) < 4.78 is 0. The molecule has 0 aliphatic heterocycles. The van der Waals surface area contributed by atoms with Crippen LogP contribution in [0.3, 0.4) is 0 Å². The van der Waals surface area contributed by atoms with Crippen molar-refractivity contribution in [1.29, 1.82) is 0 Å². The zero-order valence-electron chi connectivity index (χ0n) is 14.0. The number of hydrogen-bond donors (Lipinski definition) is 1. The highest BCUT2D eigenvalue weighted by Crippen LogP contribution is 2.36. The van der Waals surface area contributed by atoms with Gasteiger partial charge in [-0.1, -0.05) is 60.7 Å². The first-order valence-corrected chi connectivity index (χ1v) is 8.07. The molecule has 2 aromatic carbocycles. The first-order chi connectivity index (χ1) is 10.5. The van der Waals surface area contributed by atoms with Crippen molar-refractivity contribution >= 4 is 0 Å². The second-order valence-electron chi connectivity index (χ2n) is 6.35. The lowest BCUT2D eigenvalue weighted by Gasteiger charge is -2.41. The Balaban J connectivity index is 2.46. The summed E-state index contributed by atoms with van der Waals surface area (Å²) in [5.41, 5.74) is 2.11. The van der Waals surface area contributed by atoms with E-state index in [-0.39, 0.29) is 6.04 Å². The largest absolute Gasteiger partial charge is 0.386 e. The number of nitrogens with zero attached hydrogens (tertiary/aromatic N) is 1. The number of aliphatic hydroxyl groups is 1. The van der Waals surface area contributed by atoms with E-state index in [0.717, 1.165) is 11.1 Å². The Hall–Kier alpha value is -1.64. The molecule has 0 heterocycles. The lowest BCUT2D eigenvalue weighted by Crippen LogP contribution is -2.42. The molecule has 0 aliphatic rings. The summed E-state index contributed by atoms with van der Waals surface area (Å²) in [4.78, 5) is 2.38. The second kappa shape index (κ2) is 7.57. The molecule has 2 rings (SSSR count). The molecular formula is C20H27NO. The minimum atomic E-state index is -0.548. The SMILES string of the molecule is CC(C)N(C(C)C)C(c1ccccc1)C(O)c1ccccc1. The van der Waals surface area contributed by atoms with Gasteiger partial charge in [-0.15, -0.1) is 0 Å². The highest BCUT2D eigenvalue weighted by atomic mass is 16.3. The molecule has 2 atom stereocenters. The van der Waals surface area contributed by atoms with Crippen molar-refractivity contribution in [2.24, 2.45) is 0 Å². The van der Waals surface area contributed by atoms with Crippen LogP contribution in [0, 0.1) is 0 Å². The van der Waals surface area contributed by atoms with Crippen LogP contribution in [0.25, 0.3) is 0 Å². The van der Waals surface area contributed by atoms with E-state index in [4.69, 9.17) is 0 Å². The van der Waals surface area contributed by atoms with Gasteiger partial charge < -0.3 is 5.11 Å². The average molecular weight is 297 g/mol. The predicted molar refractivity (Wildman–Crippen MR) is 92.7 cm³/mol. The van der Waals surface area contributed by atoms with Crippen molar-refractivity contribution in [2.45, 2.75) is 51.9 Å². The number of aliphatic hydroxyl groups excluding tert-OH is 1. The van der Waals surface area contributed by atoms with Crippen LogP contribution in [0.2, 0.25) is 0 Å². The fraction of sp³-hybridized carbons (Fsp3) is 0.400. The molecule has 0 radical (unpaired) electrons. The van der Waals surface area contributed by atoms with Crippen LogP contribution in [-0.4, -0.2) is 22.1 Å². The fourth-order valence-electron chi connectivity index (χ4n) is 3.24. The van der Waals surface area contributed by atoms with E-state index in [1.165, 1.54) is 0 Å². The first kappa shape index (κ1) is 16.7. The maximum atomic E-state index is 11.1. The van der Waals surface area contributed by atoms with Gasteiger partial charge in [0.05, 0.1) is 12.1 Å². The Bertz CT molecular complexity index is 542. The molecule has 0 fully saturated rings. The van der Waals surface area contributed by atoms with Crippen molar-refractivity contribution < 1.29 is 5.11 Å². The Kier molecular flexibility index (Phi) is 5.76. The van der Waals surface area contributed by atoms with E-state index in [0.29, 0.717) is 12.1 Å². The van der Waals surface area contributed by atoms with E-state index in [1.54, 1.807) is 0 Å². The predicted octanol–water partition coefficient (Wildman–Crippen LogP) is 4.58. The third-order valence-corrected chi connectivity index (χ3v) is 4.10. The Labute approximate surface area is 134 Å². The van der Waals surface area contributed by atoms with Gasteiger partial charge in [-0.05, 0) is 38.8 Å². The van der Waals surface area contributed by atoms with Crippen LogP contribution in [0.1, 0.15) is 51.0 Å². The van der Waals surface area contributed by atoms with Gasteiger partial charge in [0.2, 0.25) is 0 Å². The number of benzene rings is 2. The first-order valence-electron chi connectivity index (χ1n) is 8.07. The molecule has 2 aromatic rings. The van der Waals surface area contributed by atoms with Crippen LogP contribution < -0.4 is 0 Å². The van der Waals surface area contributed by atoms with Gasteiger partial charge in [-0.3, -0.25) is 4.90 Å². The molecule has 118 valence electrons. The van der Waals surface area contributed by atoms with E-state index in [9.17, 15) is 5.11 Å². The van der Waals surface area contributed by atoms with Gasteiger partial charge in [0.15, 0.2) is 0 Å². The quantitative estimate of drug-likeness (QED) is 0.843. The normalized spacial score (nSPS) is 14.5. The smallest absolute Gasteiger partial charge is 0.0987 e. The van der Waals surface area contributed by atoms with E-state index >= 15 is 0 Å². The molecule has 2 unspecified atom stereocenters. The summed E-state index contributed by atoms with van der Waals surface area (Å²) in [5, 5.41) is 11.1. The standard InChI is InChI=1S/C20H27NO/c1-15(2)21(16(3)4)19(17-11-7-5-8-12-17)20(22)18-13-9-6-10-14-18/h5-16,19-20,22H,1-4H3. The Morgan fingerprint density at radius 3 is 1.50 bits per heavy atom. The molecule has 0 saturated carbocycles. The molecular weight excluding hydrogens is 270 g/mol. The van der Waals surface area contributed by atoms with Crippen molar-refractivity contribution in [2.75, 3.05) is 0 Å². The van der Waals surface area contributed by atoms with Gasteiger partial charge in [-0.25, -0.2) is 0 Å². The van der Waals surface area contributed by atoms with Crippen LogP contribution in [-0.2, 0) is 0 Å². The molecule has 0 spiro atoms. The van der Waals surface area contributed by atoms with Crippen molar-refractivity contribution in [3.8, 4) is 0 Å². The fourth-order valence-corrected chi connectivity index (χ4v) is 3.24. The maximum Gasteiger partial charge on any atom is 0.0987 e. The highest BCUT2D eigenvalue weighted by Gasteiger charge is 2.31. The highest BCUT2D eigenvalue weighted by molar-refractivity contribution is 5.26.